The Kier molecular flexibility index (Phi) is 13.5. The Labute approximate surface area is 320 Å². The summed E-state index contributed by atoms with van der Waals surface area (Å²) in [6, 6.07) is 19.8. The van der Waals surface area contributed by atoms with E-state index in [1.54, 1.807) is 50.9 Å². The van der Waals surface area contributed by atoms with Crippen molar-refractivity contribution in [3.63, 3.8) is 0 Å². The first-order chi connectivity index (χ1) is 24.6. The molecule has 1 aliphatic heterocycles. The SMILES string of the molecule is CC(C)(C)O.CO.CSN1Cc2ccc(OCc3c(-c4c(Cl)cccc4Cl)noc3C)cc2-c2c(C)c(-c3ccc(C)cc3)c(CC(=O)O)c(C)c21. The zero-order chi connectivity index (χ0) is 38.5. The summed E-state index contributed by atoms with van der Waals surface area (Å²) in [6.07, 6.45) is 1.99. The summed E-state index contributed by atoms with van der Waals surface area (Å²) in [5.41, 5.74) is 11.8. The van der Waals surface area contributed by atoms with Gasteiger partial charge in [-0.05, 0) is 112 Å². The molecule has 2 heterocycles. The van der Waals surface area contributed by atoms with Crippen molar-refractivity contribution in [1.82, 2.24) is 5.16 Å². The minimum Gasteiger partial charge on any atom is -0.489 e. The summed E-state index contributed by atoms with van der Waals surface area (Å²) in [6.45, 7) is 14.1. The fourth-order valence-corrected chi connectivity index (χ4v) is 7.47. The zero-order valence-corrected chi connectivity index (χ0v) is 33.3. The summed E-state index contributed by atoms with van der Waals surface area (Å²) < 4.78 is 14.2. The largest absolute Gasteiger partial charge is 0.489 e. The molecule has 52 heavy (non-hydrogen) atoms. The Morgan fingerprint density at radius 1 is 0.923 bits per heavy atom. The van der Waals surface area contributed by atoms with Crippen molar-refractivity contribution in [3.05, 3.63) is 110 Å². The number of fused-ring (bicyclic) bond motifs is 3. The van der Waals surface area contributed by atoms with Crippen LogP contribution in [0.1, 0.15) is 59.9 Å². The van der Waals surface area contributed by atoms with Crippen LogP contribution in [0.3, 0.4) is 0 Å². The number of nitrogens with zero attached hydrogens (tertiary/aromatic N) is 2. The number of carboxylic acid groups (broad SMARTS) is 1. The zero-order valence-electron chi connectivity index (χ0n) is 31.0. The van der Waals surface area contributed by atoms with E-state index in [4.69, 9.17) is 42.7 Å². The van der Waals surface area contributed by atoms with Crippen LogP contribution >= 0.6 is 35.1 Å². The smallest absolute Gasteiger partial charge is 0.307 e. The molecule has 0 saturated carbocycles. The van der Waals surface area contributed by atoms with Gasteiger partial charge >= 0.3 is 5.97 Å². The summed E-state index contributed by atoms with van der Waals surface area (Å²) in [5.74, 6) is 0.465. The molecule has 0 bridgehead atoms. The van der Waals surface area contributed by atoms with Crippen LogP contribution in [0, 0.1) is 27.7 Å². The van der Waals surface area contributed by atoms with E-state index in [0.29, 0.717) is 39.4 Å². The topological polar surface area (TPSA) is 116 Å². The third kappa shape index (κ3) is 9.14. The number of rotatable bonds is 8. The maximum absolute atomic E-state index is 12.1. The fraction of sp³-hybridized carbons (Fsp3) is 0.317. The molecule has 0 radical (unpaired) electrons. The number of carbonyl (C=O) groups is 1. The second-order valence-electron chi connectivity index (χ2n) is 13.4. The van der Waals surface area contributed by atoms with Gasteiger partial charge in [0.05, 0.1) is 39.9 Å². The number of hydrogen-bond acceptors (Lipinski definition) is 8. The number of aliphatic carboxylic acids is 1. The van der Waals surface area contributed by atoms with E-state index in [9.17, 15) is 9.90 Å². The molecule has 5 aromatic rings. The first kappa shape index (κ1) is 40.8. The lowest BCUT2D eigenvalue weighted by Crippen LogP contribution is -2.22. The number of aliphatic hydroxyl groups excluding tert-OH is 1. The monoisotopic (exact) mass is 764 g/mol. The summed E-state index contributed by atoms with van der Waals surface area (Å²) in [7, 11) is 1.00. The molecule has 0 atom stereocenters. The Morgan fingerprint density at radius 3 is 2.12 bits per heavy atom. The van der Waals surface area contributed by atoms with Gasteiger partial charge in [0.2, 0.25) is 0 Å². The second-order valence-corrected chi connectivity index (χ2v) is 15.0. The first-order valence-electron chi connectivity index (χ1n) is 16.7. The van der Waals surface area contributed by atoms with Gasteiger partial charge in [-0.25, -0.2) is 0 Å². The highest BCUT2D eigenvalue weighted by molar-refractivity contribution is 7.99. The third-order valence-electron chi connectivity index (χ3n) is 8.47. The van der Waals surface area contributed by atoms with Crippen LogP contribution in [0.15, 0.2) is 65.2 Å². The number of hydrogen-bond donors (Lipinski definition) is 3. The number of anilines is 1. The molecule has 4 aromatic carbocycles. The Bertz CT molecular complexity index is 2030. The van der Waals surface area contributed by atoms with Crippen molar-refractivity contribution in [3.8, 4) is 39.3 Å². The van der Waals surface area contributed by atoms with Gasteiger partial charge in [-0.3, -0.25) is 4.79 Å². The molecule has 0 spiro atoms. The lowest BCUT2D eigenvalue weighted by molar-refractivity contribution is -0.136. The van der Waals surface area contributed by atoms with E-state index < -0.39 is 11.6 Å². The van der Waals surface area contributed by atoms with Crippen LogP contribution in [0.5, 0.6) is 5.75 Å². The summed E-state index contributed by atoms with van der Waals surface area (Å²) in [5, 5.41) is 30.7. The molecule has 1 aliphatic rings. The predicted octanol–water partition coefficient (Wildman–Crippen LogP) is 10.4. The number of aliphatic hydroxyl groups is 2. The molecule has 6 rings (SSSR count). The van der Waals surface area contributed by atoms with Gasteiger partial charge in [0.15, 0.2) is 0 Å². The Balaban J connectivity index is 0.000000797. The molecule has 0 aliphatic carbocycles. The van der Waals surface area contributed by atoms with Gasteiger partial charge in [-0.2, -0.15) is 0 Å². The molecular weight excluding hydrogens is 719 g/mol. The van der Waals surface area contributed by atoms with E-state index in [2.05, 4.69) is 59.0 Å². The lowest BCUT2D eigenvalue weighted by Gasteiger charge is -2.36. The maximum Gasteiger partial charge on any atom is 0.307 e. The van der Waals surface area contributed by atoms with Crippen LogP contribution in [-0.2, 0) is 24.4 Å². The van der Waals surface area contributed by atoms with Crippen molar-refractivity contribution >= 4 is 46.8 Å². The molecule has 0 fully saturated rings. The standard InChI is InChI=1S/C36H32Cl2N2O4S.C4H10O.CH4O/c1-19-9-11-23(12-10-19)32-21(3)33-27-15-25(14-13-24(27)17-40(45-5)36(33)20(2)26(32)16-31(41)42)43-18-28-22(4)44-39-35(28)34-29(37)7-6-8-30(34)38;1-4(2,3)5;1-2/h6-15H,16-18H2,1-5H3,(H,41,42);5H,1-3H3;2H,1H3. The summed E-state index contributed by atoms with van der Waals surface area (Å²) >= 11 is 14.6. The normalized spacial score (nSPS) is 11.8. The van der Waals surface area contributed by atoms with Crippen LogP contribution in [0.25, 0.3) is 33.5 Å². The van der Waals surface area contributed by atoms with Crippen molar-refractivity contribution in [2.24, 2.45) is 0 Å². The molecule has 0 unspecified atom stereocenters. The third-order valence-corrected chi connectivity index (χ3v) is 9.85. The van der Waals surface area contributed by atoms with Gasteiger partial charge in [0.1, 0.15) is 23.8 Å². The number of benzene rings is 4. The molecule has 276 valence electrons. The van der Waals surface area contributed by atoms with Crippen molar-refractivity contribution < 1.29 is 29.4 Å². The lowest BCUT2D eigenvalue weighted by atomic mass is 9.81. The van der Waals surface area contributed by atoms with Crippen LogP contribution in [-0.4, -0.2) is 45.4 Å². The van der Waals surface area contributed by atoms with Crippen molar-refractivity contribution in [1.29, 1.82) is 0 Å². The molecule has 3 N–H and O–H groups in total. The number of aromatic nitrogens is 1. The van der Waals surface area contributed by atoms with Gasteiger partial charge in [-0.15, -0.1) is 0 Å². The van der Waals surface area contributed by atoms with E-state index in [-0.39, 0.29) is 13.0 Å². The van der Waals surface area contributed by atoms with Gasteiger partial charge in [-0.1, -0.05) is 82.3 Å². The van der Waals surface area contributed by atoms with Crippen LogP contribution in [0.2, 0.25) is 10.0 Å². The number of halogens is 2. The Hall–Kier alpha value is -3.99. The molecular formula is C41H46Cl2N2O6S. The number of ether oxygens (including phenoxy) is 1. The number of carboxylic acids is 1. The van der Waals surface area contributed by atoms with E-state index in [1.165, 1.54) is 0 Å². The second kappa shape index (κ2) is 17.2. The molecule has 11 heteroatoms. The van der Waals surface area contributed by atoms with Gasteiger partial charge in [0, 0.05) is 24.5 Å². The predicted molar refractivity (Wildman–Crippen MR) is 214 cm³/mol. The van der Waals surface area contributed by atoms with Crippen LogP contribution < -0.4 is 9.04 Å². The van der Waals surface area contributed by atoms with E-state index in [1.807, 2.05) is 26.8 Å². The molecule has 0 saturated heterocycles. The molecule has 0 amide bonds. The fourth-order valence-electron chi connectivity index (χ4n) is 6.21. The van der Waals surface area contributed by atoms with Crippen molar-refractivity contribution in [2.45, 2.75) is 73.6 Å². The van der Waals surface area contributed by atoms with Crippen molar-refractivity contribution in [2.75, 3.05) is 17.7 Å². The first-order valence-corrected chi connectivity index (χ1v) is 18.6. The highest BCUT2D eigenvalue weighted by atomic mass is 35.5. The average molecular weight is 766 g/mol. The minimum absolute atomic E-state index is 0.0583. The highest BCUT2D eigenvalue weighted by Crippen LogP contribution is 2.51. The average Bonchev–Trinajstić information content (AvgIpc) is 3.45. The van der Waals surface area contributed by atoms with Crippen LogP contribution in [0.4, 0.5) is 5.69 Å². The minimum atomic E-state index is -0.852. The molecule has 8 nitrogen and oxygen atoms in total. The van der Waals surface area contributed by atoms with E-state index in [0.717, 1.165) is 68.4 Å². The summed E-state index contributed by atoms with van der Waals surface area (Å²) in [4.78, 5) is 12.1. The van der Waals surface area contributed by atoms with Gasteiger partial charge < -0.3 is 28.9 Å². The highest BCUT2D eigenvalue weighted by Gasteiger charge is 2.31. The molecule has 1 aromatic heterocycles. The number of aryl methyl sites for hydroxylation is 2. The Morgan fingerprint density at radius 2 is 1.54 bits per heavy atom. The van der Waals surface area contributed by atoms with Gasteiger partial charge in [0.25, 0.3) is 0 Å². The quantitative estimate of drug-likeness (QED) is 0.133. The van der Waals surface area contributed by atoms with E-state index >= 15 is 0 Å². The maximum atomic E-state index is 12.1.